The van der Waals surface area contributed by atoms with E-state index in [0.717, 1.165) is 22.6 Å². The molecular formula is C17H14F3N5O. The van der Waals surface area contributed by atoms with Gasteiger partial charge in [0.2, 0.25) is 0 Å². The quantitative estimate of drug-likeness (QED) is 0.746. The van der Waals surface area contributed by atoms with Gasteiger partial charge in [-0.2, -0.15) is 18.3 Å². The highest BCUT2D eigenvalue weighted by molar-refractivity contribution is 5.89. The van der Waals surface area contributed by atoms with E-state index in [-0.39, 0.29) is 17.9 Å². The molecule has 134 valence electrons. The van der Waals surface area contributed by atoms with Crippen molar-refractivity contribution in [3.8, 4) is 5.69 Å². The van der Waals surface area contributed by atoms with Crippen molar-refractivity contribution in [1.82, 2.24) is 20.1 Å². The average Bonchev–Trinajstić information content (AvgIpc) is 3.14. The second-order valence-electron chi connectivity index (χ2n) is 5.36. The van der Waals surface area contributed by atoms with Crippen LogP contribution in [0, 0.1) is 0 Å². The summed E-state index contributed by atoms with van der Waals surface area (Å²) in [6.45, 7) is 0.260. The number of amides is 2. The molecule has 6 nitrogen and oxygen atoms in total. The van der Waals surface area contributed by atoms with Crippen LogP contribution in [0.3, 0.4) is 0 Å². The summed E-state index contributed by atoms with van der Waals surface area (Å²) < 4.78 is 41.0. The number of anilines is 1. The second-order valence-corrected chi connectivity index (χ2v) is 5.36. The zero-order chi connectivity index (χ0) is 18.6. The minimum atomic E-state index is -4.61. The lowest BCUT2D eigenvalue weighted by molar-refractivity contribution is -0.137. The van der Waals surface area contributed by atoms with Crippen LogP contribution >= 0.6 is 0 Å². The van der Waals surface area contributed by atoms with Crippen molar-refractivity contribution >= 4 is 11.7 Å². The Morgan fingerprint density at radius 2 is 1.88 bits per heavy atom. The molecule has 1 heterocycles. The Bertz CT molecular complexity index is 879. The molecule has 2 N–H and O–H groups in total. The molecule has 9 heteroatoms. The van der Waals surface area contributed by atoms with E-state index in [9.17, 15) is 18.0 Å². The standard InChI is InChI=1S/C17H14F3N5O/c18-17(19,20)14-8-13(6-7-15(14)25-11-21-10-23-25)24-16(26)22-9-12-4-2-1-3-5-12/h1-8,10-11H,9H2,(H2,22,24,26). The molecule has 0 fully saturated rings. The molecule has 0 unspecified atom stereocenters. The monoisotopic (exact) mass is 361 g/mol. The van der Waals surface area contributed by atoms with Crippen LogP contribution in [0.1, 0.15) is 11.1 Å². The number of aromatic nitrogens is 3. The van der Waals surface area contributed by atoms with Gasteiger partial charge in [-0.25, -0.2) is 14.5 Å². The molecule has 0 radical (unpaired) electrons. The van der Waals surface area contributed by atoms with Gasteiger partial charge >= 0.3 is 12.2 Å². The predicted octanol–water partition coefficient (Wildman–Crippen LogP) is 3.61. The number of carbonyl (C=O) groups excluding carboxylic acids is 1. The third-order valence-corrected chi connectivity index (χ3v) is 3.52. The molecule has 0 aliphatic carbocycles. The highest BCUT2D eigenvalue weighted by Gasteiger charge is 2.34. The van der Waals surface area contributed by atoms with Gasteiger partial charge in [-0.05, 0) is 23.8 Å². The number of rotatable bonds is 4. The number of hydrogen-bond acceptors (Lipinski definition) is 3. The Morgan fingerprint density at radius 1 is 1.12 bits per heavy atom. The third kappa shape index (κ3) is 4.18. The Balaban J connectivity index is 1.75. The van der Waals surface area contributed by atoms with Crippen LogP contribution in [0.2, 0.25) is 0 Å². The third-order valence-electron chi connectivity index (χ3n) is 3.52. The first-order chi connectivity index (χ1) is 12.4. The average molecular weight is 361 g/mol. The summed E-state index contributed by atoms with van der Waals surface area (Å²) in [5.74, 6) is 0. The summed E-state index contributed by atoms with van der Waals surface area (Å²) in [6, 6.07) is 12.0. The van der Waals surface area contributed by atoms with E-state index >= 15 is 0 Å². The molecule has 2 aromatic carbocycles. The lowest BCUT2D eigenvalue weighted by atomic mass is 10.1. The lowest BCUT2D eigenvalue weighted by Gasteiger charge is -2.15. The van der Waals surface area contributed by atoms with E-state index in [1.54, 1.807) is 0 Å². The summed E-state index contributed by atoms with van der Waals surface area (Å²) in [5, 5.41) is 8.71. The number of halogens is 3. The second kappa shape index (κ2) is 7.26. The van der Waals surface area contributed by atoms with Crippen molar-refractivity contribution in [2.75, 3.05) is 5.32 Å². The predicted molar refractivity (Wildman–Crippen MR) is 88.7 cm³/mol. The van der Waals surface area contributed by atoms with Gasteiger partial charge in [0.25, 0.3) is 0 Å². The van der Waals surface area contributed by atoms with Crippen molar-refractivity contribution in [1.29, 1.82) is 0 Å². The van der Waals surface area contributed by atoms with Crippen LogP contribution in [0.4, 0.5) is 23.7 Å². The van der Waals surface area contributed by atoms with Crippen LogP contribution < -0.4 is 10.6 Å². The largest absolute Gasteiger partial charge is 0.418 e. The van der Waals surface area contributed by atoms with Gasteiger partial charge in [0.15, 0.2) is 0 Å². The topological polar surface area (TPSA) is 71.8 Å². The number of carbonyl (C=O) groups is 1. The number of nitrogens with zero attached hydrogens (tertiary/aromatic N) is 3. The van der Waals surface area contributed by atoms with Crippen LogP contribution in [-0.2, 0) is 12.7 Å². The van der Waals surface area contributed by atoms with E-state index in [1.165, 1.54) is 18.5 Å². The first kappa shape index (κ1) is 17.5. The number of urea groups is 1. The van der Waals surface area contributed by atoms with Gasteiger partial charge in [-0.3, -0.25) is 0 Å². The molecule has 0 aliphatic rings. The van der Waals surface area contributed by atoms with Crippen molar-refractivity contribution in [2.24, 2.45) is 0 Å². The molecule has 0 spiro atoms. The normalized spacial score (nSPS) is 11.2. The molecular weight excluding hydrogens is 347 g/mol. The van der Waals surface area contributed by atoms with E-state index in [4.69, 9.17) is 0 Å². The van der Waals surface area contributed by atoms with Crippen molar-refractivity contribution < 1.29 is 18.0 Å². The number of nitrogens with one attached hydrogen (secondary N) is 2. The van der Waals surface area contributed by atoms with Crippen LogP contribution in [-0.4, -0.2) is 20.8 Å². The fourth-order valence-corrected chi connectivity index (χ4v) is 2.33. The molecule has 0 bridgehead atoms. The van der Waals surface area contributed by atoms with Crippen molar-refractivity contribution in [3.63, 3.8) is 0 Å². The fraction of sp³-hybridized carbons (Fsp3) is 0.118. The highest BCUT2D eigenvalue weighted by Crippen LogP contribution is 2.35. The first-order valence-electron chi connectivity index (χ1n) is 7.58. The van der Waals surface area contributed by atoms with Gasteiger partial charge in [0.05, 0.1) is 11.3 Å². The van der Waals surface area contributed by atoms with Crippen LogP contribution in [0.15, 0.2) is 61.2 Å². The van der Waals surface area contributed by atoms with E-state index < -0.39 is 17.8 Å². The fourth-order valence-electron chi connectivity index (χ4n) is 2.33. The van der Waals surface area contributed by atoms with Crippen molar-refractivity contribution in [2.45, 2.75) is 12.7 Å². The van der Waals surface area contributed by atoms with Gasteiger partial charge in [-0.1, -0.05) is 30.3 Å². The summed E-state index contributed by atoms with van der Waals surface area (Å²) >= 11 is 0. The molecule has 3 rings (SSSR count). The molecule has 0 aliphatic heterocycles. The van der Waals surface area contributed by atoms with E-state index in [1.807, 2.05) is 30.3 Å². The van der Waals surface area contributed by atoms with Crippen LogP contribution in [0.25, 0.3) is 5.69 Å². The van der Waals surface area contributed by atoms with Gasteiger partial charge in [-0.15, -0.1) is 0 Å². The molecule has 0 saturated heterocycles. The zero-order valence-corrected chi connectivity index (χ0v) is 13.4. The summed E-state index contributed by atoms with van der Waals surface area (Å²) in [6.07, 6.45) is -2.30. The molecule has 2 amide bonds. The highest BCUT2D eigenvalue weighted by atomic mass is 19.4. The molecule has 0 saturated carbocycles. The molecule has 0 atom stereocenters. The maximum Gasteiger partial charge on any atom is 0.418 e. The Morgan fingerprint density at radius 3 is 2.54 bits per heavy atom. The minimum absolute atomic E-state index is 0.0201. The van der Waals surface area contributed by atoms with E-state index in [0.29, 0.717) is 0 Å². The summed E-state index contributed by atoms with van der Waals surface area (Å²) in [7, 11) is 0. The molecule has 26 heavy (non-hydrogen) atoms. The Labute approximate surface area is 146 Å². The number of alkyl halides is 3. The Kier molecular flexibility index (Phi) is 4.87. The van der Waals surface area contributed by atoms with Gasteiger partial charge in [0.1, 0.15) is 12.7 Å². The van der Waals surface area contributed by atoms with Crippen molar-refractivity contribution in [3.05, 3.63) is 72.3 Å². The van der Waals surface area contributed by atoms with Crippen LogP contribution in [0.5, 0.6) is 0 Å². The smallest absolute Gasteiger partial charge is 0.334 e. The molecule has 1 aromatic heterocycles. The minimum Gasteiger partial charge on any atom is -0.334 e. The summed E-state index contributed by atoms with van der Waals surface area (Å²) in [5.41, 5.74) is -0.207. The maximum atomic E-state index is 13.3. The zero-order valence-electron chi connectivity index (χ0n) is 13.4. The first-order valence-corrected chi connectivity index (χ1v) is 7.58. The number of benzene rings is 2. The SMILES string of the molecule is O=C(NCc1ccccc1)Nc1ccc(-n2cncn2)c(C(F)(F)F)c1. The summed E-state index contributed by atoms with van der Waals surface area (Å²) in [4.78, 5) is 15.6. The van der Waals surface area contributed by atoms with Gasteiger partial charge < -0.3 is 10.6 Å². The Hall–Kier alpha value is -3.36. The van der Waals surface area contributed by atoms with E-state index in [2.05, 4.69) is 20.7 Å². The number of hydrogen-bond donors (Lipinski definition) is 2. The molecule has 3 aromatic rings. The maximum absolute atomic E-state index is 13.3. The lowest BCUT2D eigenvalue weighted by Crippen LogP contribution is -2.28. The van der Waals surface area contributed by atoms with Gasteiger partial charge in [0, 0.05) is 12.2 Å².